The maximum Gasteiger partial charge on any atom is 0.277 e. The van der Waals surface area contributed by atoms with E-state index >= 15 is 0 Å². The van der Waals surface area contributed by atoms with Gasteiger partial charge >= 0.3 is 0 Å². The molecule has 0 radical (unpaired) electrons. The molecular formula is C21H28N3O4S+. The number of quaternary nitrogens is 1. The molecule has 2 amide bonds. The molecule has 2 heterocycles. The zero-order valence-corrected chi connectivity index (χ0v) is 18.0. The molecule has 1 unspecified atom stereocenters. The molecule has 8 heteroatoms. The first-order chi connectivity index (χ1) is 14.0. The Balaban J connectivity index is 1.51. The Morgan fingerprint density at radius 3 is 2.38 bits per heavy atom. The van der Waals surface area contributed by atoms with Crippen molar-refractivity contribution in [2.45, 2.75) is 6.54 Å². The molecule has 3 rings (SSSR count). The van der Waals surface area contributed by atoms with Crippen LogP contribution in [-0.4, -0.2) is 75.6 Å². The number of piperazine rings is 1. The SMILES string of the molecule is COc1cccc(C[NH+](C)CC(=O)N2CCN(C(=O)c3cccs3)CC2)c1OC. The van der Waals surface area contributed by atoms with Crippen molar-refractivity contribution in [2.24, 2.45) is 0 Å². The van der Waals surface area contributed by atoms with E-state index in [1.165, 1.54) is 11.3 Å². The minimum Gasteiger partial charge on any atom is -0.493 e. The molecule has 0 spiro atoms. The maximum atomic E-state index is 12.7. The number of carbonyl (C=O) groups excluding carboxylic acids is 2. The molecule has 29 heavy (non-hydrogen) atoms. The number of nitrogens with one attached hydrogen (secondary N) is 1. The van der Waals surface area contributed by atoms with Crippen LogP contribution in [0, 0.1) is 0 Å². The van der Waals surface area contributed by atoms with Crippen LogP contribution in [0.2, 0.25) is 0 Å². The first-order valence-electron chi connectivity index (χ1n) is 9.65. The summed E-state index contributed by atoms with van der Waals surface area (Å²) in [6.07, 6.45) is 0. The van der Waals surface area contributed by atoms with Crippen molar-refractivity contribution >= 4 is 23.2 Å². The Hall–Kier alpha value is -2.58. The lowest BCUT2D eigenvalue weighted by molar-refractivity contribution is -0.885. The van der Waals surface area contributed by atoms with Crippen LogP contribution >= 0.6 is 11.3 Å². The average molecular weight is 419 g/mol. The Kier molecular flexibility index (Phi) is 7.11. The van der Waals surface area contributed by atoms with Crippen molar-refractivity contribution in [3.63, 3.8) is 0 Å². The summed E-state index contributed by atoms with van der Waals surface area (Å²) < 4.78 is 10.8. The van der Waals surface area contributed by atoms with Gasteiger partial charge in [0.15, 0.2) is 18.0 Å². The number of hydrogen-bond donors (Lipinski definition) is 1. The molecule has 1 aliphatic rings. The molecule has 1 aliphatic heterocycles. The largest absolute Gasteiger partial charge is 0.493 e. The molecule has 1 saturated heterocycles. The summed E-state index contributed by atoms with van der Waals surface area (Å²) in [7, 11) is 5.23. The Morgan fingerprint density at radius 1 is 1.03 bits per heavy atom. The Labute approximate surface area is 175 Å². The molecule has 1 aromatic carbocycles. The summed E-state index contributed by atoms with van der Waals surface area (Å²) in [5.41, 5.74) is 1.00. The monoisotopic (exact) mass is 418 g/mol. The fourth-order valence-electron chi connectivity index (χ4n) is 3.57. The summed E-state index contributed by atoms with van der Waals surface area (Å²) in [5, 5.41) is 1.91. The molecule has 0 bridgehead atoms. The second-order valence-electron chi connectivity index (χ2n) is 7.11. The number of amides is 2. The van der Waals surface area contributed by atoms with Crippen LogP contribution in [0.1, 0.15) is 15.2 Å². The van der Waals surface area contributed by atoms with Crippen molar-refractivity contribution in [1.82, 2.24) is 9.80 Å². The minimum absolute atomic E-state index is 0.0555. The lowest BCUT2D eigenvalue weighted by Gasteiger charge is -2.34. The number of rotatable bonds is 7. The number of thiophene rings is 1. The van der Waals surface area contributed by atoms with E-state index in [9.17, 15) is 9.59 Å². The van der Waals surface area contributed by atoms with Crippen molar-refractivity contribution < 1.29 is 24.0 Å². The number of nitrogens with zero attached hydrogens (tertiary/aromatic N) is 2. The van der Waals surface area contributed by atoms with E-state index in [4.69, 9.17) is 9.47 Å². The fourth-order valence-corrected chi connectivity index (χ4v) is 4.26. The molecule has 0 saturated carbocycles. The molecule has 1 fully saturated rings. The lowest BCUT2D eigenvalue weighted by atomic mass is 10.1. The van der Waals surface area contributed by atoms with Gasteiger partial charge in [0.25, 0.3) is 11.8 Å². The number of carbonyl (C=O) groups is 2. The topological polar surface area (TPSA) is 63.5 Å². The zero-order chi connectivity index (χ0) is 20.8. The minimum atomic E-state index is 0.0555. The number of likely N-dealkylation sites (N-methyl/N-ethyl adjacent to an activating group) is 1. The number of hydrogen-bond acceptors (Lipinski definition) is 5. The predicted octanol–water partition coefficient (Wildman–Crippen LogP) is 0.765. The highest BCUT2D eigenvalue weighted by Gasteiger charge is 2.27. The number of ether oxygens (including phenoxy) is 2. The van der Waals surface area contributed by atoms with Crippen LogP contribution < -0.4 is 14.4 Å². The van der Waals surface area contributed by atoms with Gasteiger partial charge in [0.1, 0.15) is 6.54 Å². The fraction of sp³-hybridized carbons (Fsp3) is 0.429. The predicted molar refractivity (Wildman–Crippen MR) is 112 cm³/mol. The second kappa shape index (κ2) is 9.76. The van der Waals surface area contributed by atoms with E-state index in [0.29, 0.717) is 50.8 Å². The molecule has 1 atom stereocenters. The molecule has 156 valence electrons. The van der Waals surface area contributed by atoms with Gasteiger partial charge in [0.05, 0.1) is 31.7 Å². The summed E-state index contributed by atoms with van der Waals surface area (Å²) in [4.78, 5) is 30.7. The number of methoxy groups -OCH3 is 2. The van der Waals surface area contributed by atoms with Gasteiger partial charge in [-0.3, -0.25) is 9.59 Å². The lowest BCUT2D eigenvalue weighted by Crippen LogP contribution is -3.09. The molecular weight excluding hydrogens is 390 g/mol. The normalized spacial score (nSPS) is 15.1. The van der Waals surface area contributed by atoms with Gasteiger partial charge in [0.2, 0.25) is 0 Å². The standard InChI is InChI=1S/C21H27N3O4S/c1-22(14-16-6-4-7-17(27-2)20(16)28-3)15-19(25)23-9-11-24(12-10-23)21(26)18-8-5-13-29-18/h4-8,13H,9-12,14-15H2,1-3H3/p+1. The zero-order valence-electron chi connectivity index (χ0n) is 17.1. The van der Waals surface area contributed by atoms with Gasteiger partial charge in [-0.15, -0.1) is 11.3 Å². The number of benzene rings is 1. The van der Waals surface area contributed by atoms with Crippen molar-refractivity contribution in [2.75, 3.05) is 54.0 Å². The van der Waals surface area contributed by atoms with Gasteiger partial charge in [-0.2, -0.15) is 0 Å². The Morgan fingerprint density at radius 2 is 1.76 bits per heavy atom. The van der Waals surface area contributed by atoms with Gasteiger partial charge in [0, 0.05) is 26.2 Å². The van der Waals surface area contributed by atoms with Crippen LogP contribution in [0.15, 0.2) is 35.7 Å². The Bertz CT molecular complexity index is 832. The molecule has 7 nitrogen and oxygen atoms in total. The number of para-hydroxylation sites is 1. The van der Waals surface area contributed by atoms with Crippen molar-refractivity contribution in [1.29, 1.82) is 0 Å². The van der Waals surface area contributed by atoms with E-state index in [0.717, 1.165) is 15.3 Å². The van der Waals surface area contributed by atoms with Crippen LogP contribution in [0.5, 0.6) is 11.5 Å². The maximum absolute atomic E-state index is 12.7. The van der Waals surface area contributed by atoms with Gasteiger partial charge in [-0.25, -0.2) is 0 Å². The highest BCUT2D eigenvalue weighted by molar-refractivity contribution is 7.12. The van der Waals surface area contributed by atoms with Crippen molar-refractivity contribution in [3.8, 4) is 11.5 Å². The van der Waals surface area contributed by atoms with Crippen LogP contribution in [0.4, 0.5) is 0 Å². The van der Waals surface area contributed by atoms with Crippen molar-refractivity contribution in [3.05, 3.63) is 46.2 Å². The molecule has 2 aromatic rings. The third kappa shape index (κ3) is 5.07. The first-order valence-corrected chi connectivity index (χ1v) is 10.5. The van der Waals surface area contributed by atoms with Gasteiger partial charge in [-0.05, 0) is 23.6 Å². The third-order valence-corrected chi connectivity index (χ3v) is 5.94. The van der Waals surface area contributed by atoms with Gasteiger partial charge < -0.3 is 24.2 Å². The summed E-state index contributed by atoms with van der Waals surface area (Å²) in [5.74, 6) is 1.56. The smallest absolute Gasteiger partial charge is 0.277 e. The van der Waals surface area contributed by atoms with E-state index in [1.807, 2.05) is 52.6 Å². The van der Waals surface area contributed by atoms with E-state index in [2.05, 4.69) is 0 Å². The second-order valence-corrected chi connectivity index (χ2v) is 8.06. The average Bonchev–Trinajstić information content (AvgIpc) is 3.27. The van der Waals surface area contributed by atoms with E-state index < -0.39 is 0 Å². The quantitative estimate of drug-likeness (QED) is 0.721. The molecule has 0 aliphatic carbocycles. The summed E-state index contributed by atoms with van der Waals surface area (Å²) >= 11 is 1.45. The summed E-state index contributed by atoms with van der Waals surface area (Å²) in [6.45, 7) is 3.34. The van der Waals surface area contributed by atoms with Gasteiger partial charge in [-0.1, -0.05) is 12.1 Å². The highest BCUT2D eigenvalue weighted by atomic mass is 32.1. The third-order valence-electron chi connectivity index (χ3n) is 5.08. The van der Waals surface area contributed by atoms with Crippen LogP contribution in [0.25, 0.3) is 0 Å². The molecule has 1 N–H and O–H groups in total. The highest BCUT2D eigenvalue weighted by Crippen LogP contribution is 2.30. The molecule has 1 aromatic heterocycles. The van der Waals surface area contributed by atoms with E-state index in [-0.39, 0.29) is 11.8 Å². The summed E-state index contributed by atoms with van der Waals surface area (Å²) in [6, 6.07) is 9.50. The van der Waals surface area contributed by atoms with E-state index in [1.54, 1.807) is 14.2 Å². The van der Waals surface area contributed by atoms with Crippen LogP contribution in [-0.2, 0) is 11.3 Å². The first kappa shape index (κ1) is 21.1. The van der Waals surface area contributed by atoms with Crippen LogP contribution in [0.3, 0.4) is 0 Å².